The van der Waals surface area contributed by atoms with Gasteiger partial charge < -0.3 is 9.73 Å². The van der Waals surface area contributed by atoms with Gasteiger partial charge in [-0.25, -0.2) is 4.99 Å². The molecule has 6 nitrogen and oxygen atoms in total. The number of carbonyl (C=O) groups is 1. The fraction of sp³-hybridized carbons (Fsp3) is 0.115. The summed E-state index contributed by atoms with van der Waals surface area (Å²) in [4.78, 5) is 32.4. The lowest BCUT2D eigenvalue weighted by Crippen LogP contribution is -2.40. The Kier molecular flexibility index (Phi) is 6.48. The van der Waals surface area contributed by atoms with Gasteiger partial charge in [0.25, 0.3) is 11.5 Å². The van der Waals surface area contributed by atoms with Crippen molar-refractivity contribution in [3.63, 3.8) is 0 Å². The number of aryl methyl sites for hydroxylation is 1. The molecule has 2 aromatic carbocycles. The molecule has 0 fully saturated rings. The minimum absolute atomic E-state index is 0.236. The largest absolute Gasteiger partial charge is 0.449 e. The van der Waals surface area contributed by atoms with Crippen molar-refractivity contribution in [1.29, 1.82) is 0 Å². The van der Waals surface area contributed by atoms with Crippen molar-refractivity contribution in [3.8, 4) is 0 Å². The molecule has 0 spiro atoms. The van der Waals surface area contributed by atoms with Crippen LogP contribution in [0.1, 0.15) is 29.9 Å². The van der Waals surface area contributed by atoms with Gasteiger partial charge in [0.05, 0.1) is 26.3 Å². The van der Waals surface area contributed by atoms with E-state index in [1.165, 1.54) is 11.3 Å². The van der Waals surface area contributed by atoms with E-state index in [4.69, 9.17) is 4.42 Å². The topological polar surface area (TPSA) is 76.6 Å². The Balaban J connectivity index is 1.68. The van der Waals surface area contributed by atoms with E-state index in [1.54, 1.807) is 23.6 Å². The van der Waals surface area contributed by atoms with Gasteiger partial charge in [0.15, 0.2) is 9.47 Å². The average molecular weight is 613 g/mol. The molecule has 0 bridgehead atoms. The van der Waals surface area contributed by atoms with Crippen molar-refractivity contribution < 1.29 is 9.21 Å². The number of anilines is 1. The van der Waals surface area contributed by atoms with E-state index >= 15 is 0 Å². The van der Waals surface area contributed by atoms with Gasteiger partial charge in [-0.05, 0) is 69.5 Å². The zero-order chi connectivity index (χ0) is 24.7. The summed E-state index contributed by atoms with van der Waals surface area (Å²) < 4.78 is 9.01. The number of furan rings is 1. The van der Waals surface area contributed by atoms with E-state index in [0.29, 0.717) is 36.7 Å². The number of hydrogen-bond donors (Lipinski definition) is 1. The van der Waals surface area contributed by atoms with Crippen LogP contribution in [0.2, 0.25) is 0 Å². The van der Waals surface area contributed by atoms with E-state index in [-0.39, 0.29) is 11.5 Å². The highest BCUT2D eigenvalue weighted by molar-refractivity contribution is 9.13. The average Bonchev–Trinajstić information content (AvgIpc) is 3.31. The van der Waals surface area contributed by atoms with Crippen LogP contribution in [0.5, 0.6) is 0 Å². The fourth-order valence-electron chi connectivity index (χ4n) is 3.96. The van der Waals surface area contributed by atoms with E-state index in [0.717, 1.165) is 15.6 Å². The predicted octanol–water partition coefficient (Wildman–Crippen LogP) is 5.30. The molecule has 2 aromatic heterocycles. The van der Waals surface area contributed by atoms with Crippen LogP contribution in [0, 0.1) is 6.92 Å². The number of hydrogen-bond acceptors (Lipinski definition) is 5. The maximum absolute atomic E-state index is 13.7. The molecule has 0 aliphatic carbocycles. The Labute approximate surface area is 221 Å². The molecule has 1 aliphatic heterocycles. The summed E-state index contributed by atoms with van der Waals surface area (Å²) in [5.41, 5.74) is 3.36. The van der Waals surface area contributed by atoms with Crippen LogP contribution < -0.4 is 20.2 Å². The Morgan fingerprint density at radius 2 is 1.83 bits per heavy atom. The molecule has 1 amide bonds. The third kappa shape index (κ3) is 4.63. The van der Waals surface area contributed by atoms with Crippen molar-refractivity contribution in [1.82, 2.24) is 4.57 Å². The van der Waals surface area contributed by atoms with Gasteiger partial charge in [-0.15, -0.1) is 0 Å². The molecule has 0 saturated heterocycles. The summed E-state index contributed by atoms with van der Waals surface area (Å²) >= 11 is 7.99. The molecule has 0 unspecified atom stereocenters. The molecule has 1 atom stereocenters. The molecular weight excluding hydrogens is 594 g/mol. The number of para-hydroxylation sites is 1. The molecule has 0 radical (unpaired) electrons. The van der Waals surface area contributed by atoms with Crippen molar-refractivity contribution in [2.45, 2.75) is 19.9 Å². The van der Waals surface area contributed by atoms with Gasteiger partial charge in [0, 0.05) is 11.8 Å². The van der Waals surface area contributed by atoms with Crippen LogP contribution in [-0.4, -0.2) is 10.5 Å². The van der Waals surface area contributed by atoms with Crippen LogP contribution in [-0.2, 0) is 4.79 Å². The second kappa shape index (κ2) is 9.56. The highest BCUT2D eigenvalue weighted by atomic mass is 79.9. The molecule has 3 heterocycles. The zero-order valence-electron chi connectivity index (χ0n) is 18.7. The number of benzene rings is 2. The van der Waals surface area contributed by atoms with Crippen LogP contribution >= 0.6 is 43.2 Å². The number of allylic oxidation sites excluding steroid dienone is 1. The molecule has 176 valence electrons. The highest BCUT2D eigenvalue weighted by Crippen LogP contribution is 2.31. The second-order valence-corrected chi connectivity index (χ2v) is 10.7. The summed E-state index contributed by atoms with van der Waals surface area (Å²) in [6.07, 6.45) is 1.69. The Morgan fingerprint density at radius 3 is 2.49 bits per heavy atom. The first kappa shape index (κ1) is 23.7. The number of aromatic nitrogens is 1. The summed E-state index contributed by atoms with van der Waals surface area (Å²) in [5.74, 6) is 0.231. The molecule has 5 rings (SSSR count). The predicted molar refractivity (Wildman–Crippen MR) is 144 cm³/mol. The maximum atomic E-state index is 13.7. The van der Waals surface area contributed by atoms with E-state index < -0.39 is 6.04 Å². The first-order chi connectivity index (χ1) is 16.8. The molecule has 1 aliphatic rings. The minimum atomic E-state index is -0.618. The lowest BCUT2D eigenvalue weighted by atomic mass is 9.94. The third-order valence-electron chi connectivity index (χ3n) is 5.63. The summed E-state index contributed by atoms with van der Waals surface area (Å²) in [5, 5.41) is 2.96. The molecule has 9 heteroatoms. The minimum Gasteiger partial charge on any atom is -0.449 e. The fourth-order valence-corrected chi connectivity index (χ4v) is 5.59. The number of rotatable bonds is 4. The first-order valence-corrected chi connectivity index (χ1v) is 13.1. The zero-order valence-corrected chi connectivity index (χ0v) is 22.7. The standard InChI is InChI=1S/C26H19Br2N3O3S/c1-14-8-10-16(11-9-14)22-21(24(32)30-17-6-4-3-5-7-17)15(2)29-26-31(22)25(33)20(35-26)13-18-12-19(27)23(28)34-18/h3-13,22H,1-2H3,(H,30,32)/b20-13+/t22-/m1/s1. The molecule has 35 heavy (non-hydrogen) atoms. The highest BCUT2D eigenvalue weighted by Gasteiger charge is 2.32. The molecule has 0 saturated carbocycles. The first-order valence-electron chi connectivity index (χ1n) is 10.7. The second-order valence-electron chi connectivity index (χ2n) is 8.08. The third-order valence-corrected chi connectivity index (χ3v) is 8.32. The van der Waals surface area contributed by atoms with Crippen molar-refractivity contribution >= 4 is 60.9 Å². The number of halogens is 2. The summed E-state index contributed by atoms with van der Waals surface area (Å²) in [6.45, 7) is 3.80. The van der Waals surface area contributed by atoms with E-state index in [2.05, 4.69) is 42.2 Å². The Morgan fingerprint density at radius 1 is 1.11 bits per heavy atom. The van der Waals surface area contributed by atoms with Gasteiger partial charge in [-0.3, -0.25) is 14.2 Å². The number of nitrogens with zero attached hydrogens (tertiary/aromatic N) is 2. The van der Waals surface area contributed by atoms with Gasteiger partial charge in [0.1, 0.15) is 5.76 Å². The molecule has 4 aromatic rings. The smallest absolute Gasteiger partial charge is 0.271 e. The summed E-state index contributed by atoms with van der Waals surface area (Å²) in [7, 11) is 0. The van der Waals surface area contributed by atoms with Gasteiger partial charge in [0.2, 0.25) is 0 Å². The van der Waals surface area contributed by atoms with Crippen molar-refractivity contribution in [3.05, 3.63) is 118 Å². The van der Waals surface area contributed by atoms with Crippen LogP contribution in [0.25, 0.3) is 6.08 Å². The monoisotopic (exact) mass is 611 g/mol. The van der Waals surface area contributed by atoms with Crippen molar-refractivity contribution in [2.75, 3.05) is 5.32 Å². The van der Waals surface area contributed by atoms with Crippen LogP contribution in [0.3, 0.4) is 0 Å². The quantitative estimate of drug-likeness (QED) is 0.340. The number of fused-ring (bicyclic) bond motifs is 1. The number of amides is 1. The Hall–Kier alpha value is -3.01. The molecule has 1 N–H and O–H groups in total. The SMILES string of the molecule is CC1=C(C(=O)Nc2ccccc2)[C@@H](c2ccc(C)cc2)n2c(s/c(=C/c3cc(Br)c(Br)o3)c2=O)=N1. The van der Waals surface area contributed by atoms with Crippen LogP contribution in [0.15, 0.2) is 95.3 Å². The maximum Gasteiger partial charge on any atom is 0.271 e. The summed E-state index contributed by atoms with van der Waals surface area (Å²) in [6, 6.07) is 18.3. The molecular formula is C26H19Br2N3O3S. The van der Waals surface area contributed by atoms with Gasteiger partial charge in [-0.1, -0.05) is 59.4 Å². The lowest BCUT2D eigenvalue weighted by molar-refractivity contribution is -0.113. The lowest BCUT2D eigenvalue weighted by Gasteiger charge is -2.25. The van der Waals surface area contributed by atoms with E-state index in [1.807, 2.05) is 61.5 Å². The number of nitrogens with one attached hydrogen (secondary N) is 1. The van der Waals surface area contributed by atoms with Gasteiger partial charge >= 0.3 is 0 Å². The van der Waals surface area contributed by atoms with Crippen LogP contribution in [0.4, 0.5) is 5.69 Å². The van der Waals surface area contributed by atoms with E-state index in [9.17, 15) is 9.59 Å². The number of carbonyl (C=O) groups excluding carboxylic acids is 1. The number of thiazole rings is 1. The Bertz CT molecular complexity index is 1630. The van der Waals surface area contributed by atoms with Gasteiger partial charge in [-0.2, -0.15) is 0 Å². The normalized spacial score (nSPS) is 15.7. The van der Waals surface area contributed by atoms with Crippen molar-refractivity contribution in [2.24, 2.45) is 4.99 Å².